The second-order valence-corrected chi connectivity index (χ2v) is 10.8. The monoisotopic (exact) mass is 517 g/mol. The first-order chi connectivity index (χ1) is 16.2. The molecule has 0 radical (unpaired) electrons. The highest BCUT2D eigenvalue weighted by molar-refractivity contribution is 7.92. The number of nitrogens with zero attached hydrogens (tertiary/aromatic N) is 1. The zero-order valence-electron chi connectivity index (χ0n) is 18.6. The van der Waals surface area contributed by atoms with Crippen LogP contribution in [-0.4, -0.2) is 27.4 Å². The van der Waals surface area contributed by atoms with Crippen molar-refractivity contribution < 1.29 is 13.2 Å². The van der Waals surface area contributed by atoms with Gasteiger partial charge in [-0.25, -0.2) is 8.42 Å². The lowest BCUT2D eigenvalue weighted by molar-refractivity contribution is 0.102. The van der Waals surface area contributed by atoms with Crippen molar-refractivity contribution in [3.63, 3.8) is 0 Å². The van der Waals surface area contributed by atoms with E-state index in [1.165, 1.54) is 31.4 Å². The van der Waals surface area contributed by atoms with Crippen LogP contribution in [-0.2, 0) is 10.0 Å². The second-order valence-electron chi connectivity index (χ2n) is 8.29. The molecule has 0 atom stereocenters. The Morgan fingerprint density at radius 3 is 2.26 bits per heavy atom. The van der Waals surface area contributed by atoms with Crippen LogP contribution in [0, 0.1) is 6.92 Å². The molecule has 6 nitrogen and oxygen atoms in total. The van der Waals surface area contributed by atoms with Gasteiger partial charge >= 0.3 is 0 Å². The molecule has 9 heteroatoms. The molecule has 1 aliphatic heterocycles. The Labute approximate surface area is 209 Å². The first kappa shape index (κ1) is 24.4. The topological polar surface area (TPSA) is 78.5 Å². The number of nitrogens with one attached hydrogen (secondary N) is 2. The smallest absolute Gasteiger partial charge is 0.263 e. The molecule has 1 amide bonds. The summed E-state index contributed by atoms with van der Waals surface area (Å²) in [5.74, 6) is -0.528. The maximum absolute atomic E-state index is 13.0. The molecule has 0 aliphatic carbocycles. The normalized spacial score (nSPS) is 14.0. The number of halogens is 2. The van der Waals surface area contributed by atoms with Crippen molar-refractivity contribution in [3.05, 3.63) is 81.8 Å². The molecule has 1 heterocycles. The molecule has 0 aromatic heterocycles. The number of amides is 1. The Balaban J connectivity index is 1.54. The zero-order valence-corrected chi connectivity index (χ0v) is 21.0. The molecule has 34 heavy (non-hydrogen) atoms. The maximum atomic E-state index is 13.0. The molecule has 1 saturated heterocycles. The third-order valence-electron chi connectivity index (χ3n) is 5.67. The van der Waals surface area contributed by atoms with Gasteiger partial charge in [0.05, 0.1) is 15.6 Å². The molecular formula is C25H25Cl2N3O3S. The third kappa shape index (κ3) is 5.66. The number of rotatable bonds is 6. The fourth-order valence-electron chi connectivity index (χ4n) is 3.93. The Hall–Kier alpha value is -2.74. The summed E-state index contributed by atoms with van der Waals surface area (Å²) in [5.41, 5.74) is 2.99. The summed E-state index contributed by atoms with van der Waals surface area (Å²) >= 11 is 12.5. The number of carbonyl (C=O) groups excluding carboxylic acids is 1. The van der Waals surface area contributed by atoms with Crippen LogP contribution in [0.4, 0.5) is 17.1 Å². The van der Waals surface area contributed by atoms with Crippen LogP contribution < -0.4 is 14.9 Å². The minimum Gasteiger partial charge on any atom is -0.372 e. The molecule has 3 aromatic carbocycles. The molecule has 0 unspecified atom stereocenters. The van der Waals surface area contributed by atoms with Crippen LogP contribution in [0.5, 0.6) is 0 Å². The Morgan fingerprint density at radius 1 is 0.882 bits per heavy atom. The number of sulfonamides is 1. The maximum Gasteiger partial charge on any atom is 0.263 e. The van der Waals surface area contributed by atoms with Gasteiger partial charge in [0.25, 0.3) is 15.9 Å². The van der Waals surface area contributed by atoms with Gasteiger partial charge in [-0.2, -0.15) is 0 Å². The highest BCUT2D eigenvalue weighted by Crippen LogP contribution is 2.31. The van der Waals surface area contributed by atoms with Crippen molar-refractivity contribution in [2.75, 3.05) is 28.0 Å². The summed E-state index contributed by atoms with van der Waals surface area (Å²) in [5, 5.41) is 2.77. The zero-order chi connectivity index (χ0) is 24.3. The summed E-state index contributed by atoms with van der Waals surface area (Å²) in [6, 6.07) is 17.0. The number of carbonyl (C=O) groups is 1. The molecule has 1 aliphatic rings. The van der Waals surface area contributed by atoms with Gasteiger partial charge in [0.1, 0.15) is 4.90 Å². The van der Waals surface area contributed by atoms with E-state index in [2.05, 4.69) is 14.9 Å². The molecular weight excluding hydrogens is 493 g/mol. The standard InChI is InChI=1S/C25H25Cl2N3O3S/c1-17-6-5-7-19(14-17)29-34(32,33)24-15-21(22(26)16-23(24)27)25(31)28-18-8-10-20(11-9-18)30-12-3-2-4-13-30/h5-11,14-16,29H,2-4,12-13H2,1H3,(H,28,31). The minimum atomic E-state index is -4.05. The minimum absolute atomic E-state index is 0.00999. The molecule has 1 fully saturated rings. The fraction of sp³-hybridized carbons (Fsp3) is 0.240. The lowest BCUT2D eigenvalue weighted by atomic mass is 10.1. The molecule has 0 bridgehead atoms. The number of anilines is 3. The predicted octanol–water partition coefficient (Wildman–Crippen LogP) is 6.35. The van der Waals surface area contributed by atoms with Crippen LogP contribution in [0.3, 0.4) is 0 Å². The molecule has 3 aromatic rings. The first-order valence-electron chi connectivity index (χ1n) is 11.0. The van der Waals surface area contributed by atoms with Crippen molar-refractivity contribution in [2.45, 2.75) is 31.1 Å². The highest BCUT2D eigenvalue weighted by atomic mass is 35.5. The quantitative estimate of drug-likeness (QED) is 0.399. The number of benzene rings is 3. The van der Waals surface area contributed by atoms with E-state index in [4.69, 9.17) is 23.2 Å². The number of piperidine rings is 1. The van der Waals surface area contributed by atoms with Gasteiger partial charge in [-0.3, -0.25) is 9.52 Å². The summed E-state index contributed by atoms with van der Waals surface area (Å²) in [7, 11) is -4.05. The molecule has 4 rings (SSSR count). The number of hydrogen-bond acceptors (Lipinski definition) is 4. The SMILES string of the molecule is Cc1cccc(NS(=O)(=O)c2cc(C(=O)Nc3ccc(N4CCCCC4)cc3)c(Cl)cc2Cl)c1. The molecule has 0 saturated carbocycles. The van der Waals surface area contributed by atoms with Crippen LogP contribution in [0.2, 0.25) is 10.0 Å². The van der Waals surface area contributed by atoms with E-state index in [1.807, 2.05) is 37.3 Å². The molecule has 0 spiro atoms. The van der Waals surface area contributed by atoms with Crippen LogP contribution in [0.25, 0.3) is 0 Å². The van der Waals surface area contributed by atoms with E-state index in [-0.39, 0.29) is 20.5 Å². The summed E-state index contributed by atoms with van der Waals surface area (Å²) in [6.07, 6.45) is 3.61. The predicted molar refractivity (Wildman–Crippen MR) is 139 cm³/mol. The van der Waals surface area contributed by atoms with Crippen LogP contribution in [0.15, 0.2) is 65.6 Å². The Morgan fingerprint density at radius 2 is 1.59 bits per heavy atom. The van der Waals surface area contributed by atoms with Gasteiger partial charge in [0, 0.05) is 30.2 Å². The van der Waals surface area contributed by atoms with E-state index in [0.29, 0.717) is 11.4 Å². The van der Waals surface area contributed by atoms with E-state index in [0.717, 1.165) is 24.3 Å². The summed E-state index contributed by atoms with van der Waals surface area (Å²) in [6.45, 7) is 3.91. The Bertz CT molecular complexity index is 1310. The fourth-order valence-corrected chi connectivity index (χ4v) is 5.84. The first-order valence-corrected chi connectivity index (χ1v) is 13.2. The summed E-state index contributed by atoms with van der Waals surface area (Å²) in [4.78, 5) is 15.0. The average Bonchev–Trinajstić information content (AvgIpc) is 2.79. The second kappa shape index (κ2) is 10.3. The van der Waals surface area contributed by atoms with E-state index >= 15 is 0 Å². The number of hydrogen-bond donors (Lipinski definition) is 2. The number of aryl methyl sites for hydroxylation is 1. The van der Waals surface area contributed by atoms with Crippen molar-refractivity contribution >= 4 is 56.2 Å². The lowest BCUT2D eigenvalue weighted by Crippen LogP contribution is -2.29. The van der Waals surface area contributed by atoms with Crippen molar-refractivity contribution in [1.29, 1.82) is 0 Å². The van der Waals surface area contributed by atoms with Crippen molar-refractivity contribution in [1.82, 2.24) is 0 Å². The third-order valence-corrected chi connectivity index (χ3v) is 7.83. The lowest BCUT2D eigenvalue weighted by Gasteiger charge is -2.28. The van der Waals surface area contributed by atoms with Crippen LogP contribution in [0.1, 0.15) is 35.2 Å². The van der Waals surface area contributed by atoms with E-state index in [1.54, 1.807) is 18.2 Å². The average molecular weight is 518 g/mol. The van der Waals surface area contributed by atoms with E-state index in [9.17, 15) is 13.2 Å². The van der Waals surface area contributed by atoms with Crippen LogP contribution >= 0.6 is 23.2 Å². The van der Waals surface area contributed by atoms with Gasteiger partial charge in [0.15, 0.2) is 0 Å². The summed E-state index contributed by atoms with van der Waals surface area (Å²) < 4.78 is 28.5. The van der Waals surface area contributed by atoms with Gasteiger partial charge in [-0.05, 0) is 80.3 Å². The Kier molecular flexibility index (Phi) is 7.36. The highest BCUT2D eigenvalue weighted by Gasteiger charge is 2.23. The largest absolute Gasteiger partial charge is 0.372 e. The van der Waals surface area contributed by atoms with Crippen molar-refractivity contribution in [2.24, 2.45) is 0 Å². The molecule has 2 N–H and O–H groups in total. The molecule has 178 valence electrons. The van der Waals surface area contributed by atoms with E-state index < -0.39 is 15.9 Å². The van der Waals surface area contributed by atoms with Gasteiger partial charge < -0.3 is 10.2 Å². The van der Waals surface area contributed by atoms with Gasteiger partial charge in [-0.15, -0.1) is 0 Å². The van der Waals surface area contributed by atoms with Gasteiger partial charge in [0.2, 0.25) is 0 Å². The van der Waals surface area contributed by atoms with Crippen molar-refractivity contribution in [3.8, 4) is 0 Å². The van der Waals surface area contributed by atoms with Gasteiger partial charge in [-0.1, -0.05) is 35.3 Å².